The molecule has 118 valence electrons. The van der Waals surface area contributed by atoms with Crippen molar-refractivity contribution in [3.63, 3.8) is 0 Å². The van der Waals surface area contributed by atoms with Crippen molar-refractivity contribution < 1.29 is 9.59 Å². The summed E-state index contributed by atoms with van der Waals surface area (Å²) in [5.74, 6) is -0.333. The van der Waals surface area contributed by atoms with Gasteiger partial charge in [0, 0.05) is 28.7 Å². The highest BCUT2D eigenvalue weighted by atomic mass is 35.5. The van der Waals surface area contributed by atoms with E-state index in [0.29, 0.717) is 28.7 Å². The summed E-state index contributed by atoms with van der Waals surface area (Å²) in [4.78, 5) is 24.3. The number of rotatable bonds is 5. The molecule has 0 radical (unpaired) electrons. The maximum atomic E-state index is 12.2. The van der Waals surface area contributed by atoms with Gasteiger partial charge in [0.1, 0.15) is 0 Å². The molecule has 2 aromatic carbocycles. The Morgan fingerprint density at radius 2 is 1.65 bits per heavy atom. The van der Waals surface area contributed by atoms with E-state index in [0.717, 1.165) is 18.4 Å². The summed E-state index contributed by atoms with van der Waals surface area (Å²) < 4.78 is 0. The Kier molecular flexibility index (Phi) is 4.63. The molecule has 0 bridgehead atoms. The van der Waals surface area contributed by atoms with Crippen molar-refractivity contribution in [2.24, 2.45) is 0 Å². The van der Waals surface area contributed by atoms with Crippen molar-refractivity contribution in [2.75, 3.05) is 0 Å². The lowest BCUT2D eigenvalue weighted by atomic mass is 10.1. The Hall–Kier alpha value is -2.33. The zero-order chi connectivity index (χ0) is 16.2. The Bertz CT molecular complexity index is 724. The van der Waals surface area contributed by atoms with Crippen LogP contribution in [-0.4, -0.2) is 17.9 Å². The first kappa shape index (κ1) is 15.6. The van der Waals surface area contributed by atoms with Crippen LogP contribution < -0.4 is 10.6 Å². The number of halogens is 1. The number of nitrogens with one attached hydrogen (secondary N) is 2. The molecule has 1 aliphatic carbocycles. The Morgan fingerprint density at radius 3 is 2.30 bits per heavy atom. The monoisotopic (exact) mass is 328 g/mol. The van der Waals surface area contributed by atoms with Gasteiger partial charge in [0.15, 0.2) is 0 Å². The quantitative estimate of drug-likeness (QED) is 0.885. The fourth-order valence-electron chi connectivity index (χ4n) is 2.18. The van der Waals surface area contributed by atoms with Crippen LogP contribution in [0.25, 0.3) is 0 Å². The van der Waals surface area contributed by atoms with Gasteiger partial charge in [0.25, 0.3) is 11.8 Å². The highest BCUT2D eigenvalue weighted by Gasteiger charge is 2.24. The standard InChI is InChI=1S/C18H17ClN2O2/c19-15-6-4-12(5-7-15)11-20-17(22)13-2-1-3-14(10-13)18(23)21-16-8-9-16/h1-7,10,16H,8-9,11H2,(H,20,22)(H,21,23). The number of carbonyl (C=O) groups excluding carboxylic acids is 2. The van der Waals surface area contributed by atoms with Crippen LogP contribution in [-0.2, 0) is 6.54 Å². The molecule has 0 spiro atoms. The lowest BCUT2D eigenvalue weighted by molar-refractivity contribution is 0.0950. The van der Waals surface area contributed by atoms with Gasteiger partial charge in [-0.1, -0.05) is 29.8 Å². The third-order valence-corrected chi connectivity index (χ3v) is 3.92. The minimum absolute atomic E-state index is 0.125. The fourth-order valence-corrected chi connectivity index (χ4v) is 2.31. The average Bonchev–Trinajstić information content (AvgIpc) is 3.38. The molecular formula is C18H17ClN2O2. The van der Waals surface area contributed by atoms with Crippen LogP contribution in [0, 0.1) is 0 Å². The maximum absolute atomic E-state index is 12.2. The number of hydrogen-bond acceptors (Lipinski definition) is 2. The van der Waals surface area contributed by atoms with E-state index < -0.39 is 0 Å². The fraction of sp³-hybridized carbons (Fsp3) is 0.222. The van der Waals surface area contributed by atoms with Crippen LogP contribution in [0.2, 0.25) is 5.02 Å². The largest absolute Gasteiger partial charge is 0.349 e. The lowest BCUT2D eigenvalue weighted by Crippen LogP contribution is -2.26. The van der Waals surface area contributed by atoms with Gasteiger partial charge in [-0.05, 0) is 48.7 Å². The second-order valence-electron chi connectivity index (χ2n) is 5.64. The minimum atomic E-state index is -0.207. The average molecular weight is 329 g/mol. The second kappa shape index (κ2) is 6.84. The Morgan fingerprint density at radius 1 is 1.00 bits per heavy atom. The molecular weight excluding hydrogens is 312 g/mol. The molecule has 2 aromatic rings. The lowest BCUT2D eigenvalue weighted by Gasteiger charge is -2.08. The molecule has 0 unspecified atom stereocenters. The summed E-state index contributed by atoms with van der Waals surface area (Å²) in [6.07, 6.45) is 2.07. The van der Waals surface area contributed by atoms with Crippen LogP contribution in [0.5, 0.6) is 0 Å². The molecule has 3 rings (SSSR count). The molecule has 1 aliphatic rings. The summed E-state index contributed by atoms with van der Waals surface area (Å²) in [6, 6.07) is 14.3. The van der Waals surface area contributed by atoms with Crippen LogP contribution >= 0.6 is 11.6 Å². The molecule has 0 aromatic heterocycles. The number of benzene rings is 2. The molecule has 23 heavy (non-hydrogen) atoms. The molecule has 0 heterocycles. The van der Waals surface area contributed by atoms with Gasteiger partial charge in [-0.2, -0.15) is 0 Å². The first-order valence-electron chi connectivity index (χ1n) is 7.55. The predicted octanol–water partition coefficient (Wildman–Crippen LogP) is 3.16. The zero-order valence-corrected chi connectivity index (χ0v) is 13.3. The Balaban J connectivity index is 1.62. The maximum Gasteiger partial charge on any atom is 0.251 e. The van der Waals surface area contributed by atoms with E-state index in [4.69, 9.17) is 11.6 Å². The van der Waals surface area contributed by atoms with Crippen LogP contribution in [0.3, 0.4) is 0 Å². The number of carbonyl (C=O) groups is 2. The topological polar surface area (TPSA) is 58.2 Å². The molecule has 0 saturated heterocycles. The highest BCUT2D eigenvalue weighted by Crippen LogP contribution is 2.19. The van der Waals surface area contributed by atoms with E-state index in [1.807, 2.05) is 12.1 Å². The van der Waals surface area contributed by atoms with Crippen LogP contribution in [0.1, 0.15) is 39.1 Å². The molecule has 2 N–H and O–H groups in total. The molecule has 5 heteroatoms. The summed E-state index contributed by atoms with van der Waals surface area (Å²) in [7, 11) is 0. The van der Waals surface area contributed by atoms with E-state index in [1.165, 1.54) is 0 Å². The minimum Gasteiger partial charge on any atom is -0.349 e. The van der Waals surface area contributed by atoms with Gasteiger partial charge in [-0.25, -0.2) is 0 Å². The van der Waals surface area contributed by atoms with Crippen molar-refractivity contribution >= 4 is 23.4 Å². The SMILES string of the molecule is O=C(NCc1ccc(Cl)cc1)c1cccc(C(=O)NC2CC2)c1. The summed E-state index contributed by atoms with van der Waals surface area (Å²) in [5, 5.41) is 6.42. The summed E-state index contributed by atoms with van der Waals surface area (Å²) in [6.45, 7) is 0.411. The predicted molar refractivity (Wildman–Crippen MR) is 89.6 cm³/mol. The van der Waals surface area contributed by atoms with Crippen molar-refractivity contribution in [3.05, 3.63) is 70.2 Å². The molecule has 1 fully saturated rings. The third kappa shape index (κ3) is 4.33. The smallest absolute Gasteiger partial charge is 0.251 e. The normalized spacial score (nSPS) is 13.4. The van der Waals surface area contributed by atoms with Gasteiger partial charge in [-0.3, -0.25) is 9.59 Å². The van der Waals surface area contributed by atoms with Gasteiger partial charge in [0.05, 0.1) is 0 Å². The van der Waals surface area contributed by atoms with E-state index in [2.05, 4.69) is 10.6 Å². The van der Waals surface area contributed by atoms with E-state index >= 15 is 0 Å². The van der Waals surface area contributed by atoms with Gasteiger partial charge >= 0.3 is 0 Å². The van der Waals surface area contributed by atoms with E-state index in [-0.39, 0.29) is 11.8 Å². The molecule has 0 aliphatic heterocycles. The second-order valence-corrected chi connectivity index (χ2v) is 6.07. The van der Waals surface area contributed by atoms with Crippen molar-refractivity contribution in [1.82, 2.24) is 10.6 Å². The van der Waals surface area contributed by atoms with Crippen LogP contribution in [0.4, 0.5) is 0 Å². The van der Waals surface area contributed by atoms with Crippen molar-refractivity contribution in [1.29, 1.82) is 0 Å². The molecule has 0 atom stereocenters. The summed E-state index contributed by atoms with van der Waals surface area (Å²) in [5.41, 5.74) is 1.95. The third-order valence-electron chi connectivity index (χ3n) is 3.67. The molecule has 4 nitrogen and oxygen atoms in total. The van der Waals surface area contributed by atoms with Crippen LogP contribution in [0.15, 0.2) is 48.5 Å². The zero-order valence-electron chi connectivity index (χ0n) is 12.5. The molecule has 1 saturated carbocycles. The first-order valence-corrected chi connectivity index (χ1v) is 7.93. The Labute approximate surface area is 139 Å². The van der Waals surface area contributed by atoms with E-state index in [1.54, 1.807) is 36.4 Å². The highest BCUT2D eigenvalue weighted by molar-refractivity contribution is 6.30. The van der Waals surface area contributed by atoms with Crippen molar-refractivity contribution in [3.8, 4) is 0 Å². The van der Waals surface area contributed by atoms with Crippen molar-refractivity contribution in [2.45, 2.75) is 25.4 Å². The number of amides is 2. The van der Waals surface area contributed by atoms with E-state index in [9.17, 15) is 9.59 Å². The van der Waals surface area contributed by atoms with Gasteiger partial charge in [-0.15, -0.1) is 0 Å². The summed E-state index contributed by atoms with van der Waals surface area (Å²) >= 11 is 5.83. The van der Waals surface area contributed by atoms with Gasteiger partial charge < -0.3 is 10.6 Å². The number of hydrogen-bond donors (Lipinski definition) is 2. The first-order chi connectivity index (χ1) is 11.1. The molecule has 2 amide bonds. The van der Waals surface area contributed by atoms with Gasteiger partial charge in [0.2, 0.25) is 0 Å².